The zero-order valence-corrected chi connectivity index (χ0v) is 13.5. The minimum absolute atomic E-state index is 0.784. The lowest BCUT2D eigenvalue weighted by molar-refractivity contribution is 0.721. The first-order valence-corrected chi connectivity index (χ1v) is 8.28. The van der Waals surface area contributed by atoms with E-state index in [2.05, 4.69) is 42.6 Å². The molecule has 0 saturated carbocycles. The fourth-order valence-corrected chi connectivity index (χ4v) is 3.53. The molecule has 2 nitrogen and oxygen atoms in total. The standard InChI is InChI=1S/C17H17ClN2S/c1-2-19-11-12-7-8-14(18)9-13(12)10-17-20-15-5-3-4-6-16(15)21-17/h3-9,19H,2,10-11H2,1H3. The minimum Gasteiger partial charge on any atom is -0.313 e. The van der Waals surface area contributed by atoms with Crippen LogP contribution in [0.3, 0.4) is 0 Å². The van der Waals surface area contributed by atoms with Gasteiger partial charge in [-0.3, -0.25) is 0 Å². The van der Waals surface area contributed by atoms with Gasteiger partial charge in [0, 0.05) is 18.0 Å². The fraction of sp³-hybridized carbons (Fsp3) is 0.235. The molecule has 3 rings (SSSR count). The molecule has 0 atom stereocenters. The van der Waals surface area contributed by atoms with Crippen molar-refractivity contribution in [3.05, 3.63) is 63.6 Å². The van der Waals surface area contributed by atoms with Gasteiger partial charge in [-0.25, -0.2) is 4.98 Å². The second kappa shape index (κ2) is 6.56. The molecule has 0 aliphatic rings. The van der Waals surface area contributed by atoms with Crippen molar-refractivity contribution in [2.24, 2.45) is 0 Å². The van der Waals surface area contributed by atoms with Gasteiger partial charge in [-0.05, 0) is 41.9 Å². The highest BCUT2D eigenvalue weighted by molar-refractivity contribution is 7.18. The van der Waals surface area contributed by atoms with Gasteiger partial charge in [0.05, 0.1) is 15.2 Å². The van der Waals surface area contributed by atoms with Crippen molar-refractivity contribution in [2.45, 2.75) is 19.9 Å². The average Bonchev–Trinajstić information content (AvgIpc) is 2.88. The number of hydrogen-bond acceptors (Lipinski definition) is 3. The van der Waals surface area contributed by atoms with E-state index in [1.165, 1.54) is 15.8 Å². The van der Waals surface area contributed by atoms with Crippen LogP contribution >= 0.6 is 22.9 Å². The number of nitrogens with zero attached hydrogens (tertiary/aromatic N) is 1. The van der Waals surface area contributed by atoms with Crippen LogP contribution < -0.4 is 5.32 Å². The van der Waals surface area contributed by atoms with E-state index in [1.807, 2.05) is 12.1 Å². The Labute approximate surface area is 133 Å². The van der Waals surface area contributed by atoms with Crippen LogP contribution in [0.2, 0.25) is 5.02 Å². The van der Waals surface area contributed by atoms with Crippen molar-refractivity contribution in [3.8, 4) is 0 Å². The van der Waals surface area contributed by atoms with Gasteiger partial charge in [-0.15, -0.1) is 11.3 Å². The maximum Gasteiger partial charge on any atom is 0.0982 e. The van der Waals surface area contributed by atoms with Gasteiger partial charge in [0.15, 0.2) is 0 Å². The van der Waals surface area contributed by atoms with Crippen molar-refractivity contribution in [3.63, 3.8) is 0 Å². The number of rotatable bonds is 5. The van der Waals surface area contributed by atoms with Gasteiger partial charge >= 0.3 is 0 Å². The average molecular weight is 317 g/mol. The predicted molar refractivity (Wildman–Crippen MR) is 91.3 cm³/mol. The van der Waals surface area contributed by atoms with E-state index in [1.54, 1.807) is 11.3 Å². The molecule has 0 unspecified atom stereocenters. The molecule has 3 aromatic rings. The number of para-hydroxylation sites is 1. The summed E-state index contributed by atoms with van der Waals surface area (Å²) in [6.07, 6.45) is 0.834. The lowest BCUT2D eigenvalue weighted by Gasteiger charge is -2.09. The fourth-order valence-electron chi connectivity index (χ4n) is 2.35. The highest BCUT2D eigenvalue weighted by Gasteiger charge is 2.08. The van der Waals surface area contributed by atoms with E-state index < -0.39 is 0 Å². The molecule has 21 heavy (non-hydrogen) atoms. The van der Waals surface area contributed by atoms with Crippen LogP contribution in [0.15, 0.2) is 42.5 Å². The summed E-state index contributed by atoms with van der Waals surface area (Å²) in [4.78, 5) is 4.71. The lowest BCUT2D eigenvalue weighted by atomic mass is 10.0. The molecule has 1 heterocycles. The molecule has 2 aromatic carbocycles. The maximum absolute atomic E-state index is 6.16. The van der Waals surface area contributed by atoms with Gasteiger partial charge in [-0.2, -0.15) is 0 Å². The Morgan fingerprint density at radius 1 is 1.14 bits per heavy atom. The molecule has 1 aromatic heterocycles. The van der Waals surface area contributed by atoms with Crippen molar-refractivity contribution in [1.29, 1.82) is 0 Å². The van der Waals surface area contributed by atoms with Crippen molar-refractivity contribution >= 4 is 33.2 Å². The van der Waals surface area contributed by atoms with Gasteiger partial charge in [0.25, 0.3) is 0 Å². The van der Waals surface area contributed by atoms with Crippen LogP contribution in [-0.2, 0) is 13.0 Å². The Morgan fingerprint density at radius 3 is 2.81 bits per heavy atom. The van der Waals surface area contributed by atoms with Crippen LogP contribution in [0, 0.1) is 0 Å². The number of halogens is 1. The van der Waals surface area contributed by atoms with Crippen LogP contribution in [0.25, 0.3) is 10.2 Å². The van der Waals surface area contributed by atoms with Crippen molar-refractivity contribution < 1.29 is 0 Å². The largest absolute Gasteiger partial charge is 0.313 e. The van der Waals surface area contributed by atoms with Crippen LogP contribution in [0.5, 0.6) is 0 Å². The molecule has 0 radical (unpaired) electrons. The smallest absolute Gasteiger partial charge is 0.0982 e. The molecule has 0 aliphatic heterocycles. The molecule has 4 heteroatoms. The molecule has 0 aliphatic carbocycles. The van der Waals surface area contributed by atoms with Crippen LogP contribution in [-0.4, -0.2) is 11.5 Å². The van der Waals surface area contributed by atoms with Crippen molar-refractivity contribution in [1.82, 2.24) is 10.3 Å². The van der Waals surface area contributed by atoms with E-state index in [0.29, 0.717) is 0 Å². The van der Waals surface area contributed by atoms with Crippen LogP contribution in [0.1, 0.15) is 23.1 Å². The quantitative estimate of drug-likeness (QED) is 0.741. The normalized spacial score (nSPS) is 11.1. The summed E-state index contributed by atoms with van der Waals surface area (Å²) in [5, 5.41) is 5.30. The van der Waals surface area contributed by atoms with E-state index >= 15 is 0 Å². The van der Waals surface area contributed by atoms with Crippen LogP contribution in [0.4, 0.5) is 0 Å². The minimum atomic E-state index is 0.784. The highest BCUT2D eigenvalue weighted by Crippen LogP contribution is 2.26. The first kappa shape index (κ1) is 14.5. The summed E-state index contributed by atoms with van der Waals surface area (Å²) in [6.45, 7) is 3.94. The molecular weight excluding hydrogens is 300 g/mol. The highest BCUT2D eigenvalue weighted by atomic mass is 35.5. The topological polar surface area (TPSA) is 24.9 Å². The Hall–Kier alpha value is -1.42. The first-order chi connectivity index (χ1) is 10.3. The first-order valence-electron chi connectivity index (χ1n) is 7.08. The molecule has 108 valence electrons. The number of thiazole rings is 1. The SMILES string of the molecule is CCNCc1ccc(Cl)cc1Cc1nc2ccccc2s1. The molecule has 0 fully saturated rings. The molecular formula is C17H17ClN2S. The van der Waals surface area contributed by atoms with Gasteiger partial charge < -0.3 is 5.32 Å². The Balaban J connectivity index is 1.90. The monoisotopic (exact) mass is 316 g/mol. The summed E-state index contributed by atoms with van der Waals surface area (Å²) in [5.74, 6) is 0. The zero-order chi connectivity index (χ0) is 14.7. The summed E-state index contributed by atoms with van der Waals surface area (Å²) in [7, 11) is 0. The summed E-state index contributed by atoms with van der Waals surface area (Å²) in [5.41, 5.74) is 3.62. The molecule has 0 amide bonds. The number of hydrogen-bond donors (Lipinski definition) is 1. The van der Waals surface area contributed by atoms with Gasteiger partial charge in [0.1, 0.15) is 0 Å². The van der Waals surface area contributed by atoms with E-state index in [4.69, 9.17) is 16.6 Å². The number of nitrogens with one attached hydrogen (secondary N) is 1. The maximum atomic E-state index is 6.16. The van der Waals surface area contributed by atoms with Crippen molar-refractivity contribution in [2.75, 3.05) is 6.54 Å². The van der Waals surface area contributed by atoms with Gasteiger partial charge in [0.2, 0.25) is 0 Å². The number of fused-ring (bicyclic) bond motifs is 1. The number of aromatic nitrogens is 1. The summed E-state index contributed by atoms with van der Waals surface area (Å²) >= 11 is 7.91. The third-order valence-corrected chi connectivity index (χ3v) is 4.69. The molecule has 0 bridgehead atoms. The third-order valence-electron chi connectivity index (χ3n) is 3.41. The second-order valence-corrected chi connectivity index (χ2v) is 6.50. The summed E-state index contributed by atoms with van der Waals surface area (Å²) < 4.78 is 1.24. The van der Waals surface area contributed by atoms with E-state index in [0.717, 1.165) is 35.1 Å². The molecule has 0 saturated heterocycles. The summed E-state index contributed by atoms with van der Waals surface area (Å²) in [6, 6.07) is 14.4. The predicted octanol–water partition coefficient (Wildman–Crippen LogP) is 4.65. The van der Waals surface area contributed by atoms with Gasteiger partial charge in [-0.1, -0.05) is 36.7 Å². The molecule has 0 spiro atoms. The number of benzene rings is 2. The third kappa shape index (κ3) is 3.43. The lowest BCUT2D eigenvalue weighted by Crippen LogP contribution is -2.13. The Bertz CT molecular complexity index is 718. The zero-order valence-electron chi connectivity index (χ0n) is 11.9. The molecule has 1 N–H and O–H groups in total. The second-order valence-electron chi connectivity index (χ2n) is 4.95. The Morgan fingerprint density at radius 2 is 2.00 bits per heavy atom. The van der Waals surface area contributed by atoms with E-state index in [9.17, 15) is 0 Å². The van der Waals surface area contributed by atoms with E-state index in [-0.39, 0.29) is 0 Å². The Kier molecular flexibility index (Phi) is 4.54.